The summed E-state index contributed by atoms with van der Waals surface area (Å²) in [5, 5.41) is 9.63. The molecule has 10 aromatic carbocycles. The van der Waals surface area contributed by atoms with E-state index in [9.17, 15) is 0 Å². The summed E-state index contributed by atoms with van der Waals surface area (Å²) in [6.45, 7) is 0. The van der Waals surface area contributed by atoms with Gasteiger partial charge in [-0.05, 0) is 93.3 Å². The molecule has 13 aromatic rings. The smallest absolute Gasteiger partial charge is 0.164 e. The quantitative estimate of drug-likeness (QED) is 0.168. The van der Waals surface area contributed by atoms with E-state index in [0.717, 1.165) is 49.9 Å². The molecule has 0 N–H and O–H groups in total. The summed E-state index contributed by atoms with van der Waals surface area (Å²) in [6.07, 6.45) is 0. The van der Waals surface area contributed by atoms with Crippen LogP contribution < -0.4 is 0 Å². The van der Waals surface area contributed by atoms with Gasteiger partial charge in [0.2, 0.25) is 0 Å². The van der Waals surface area contributed by atoms with E-state index in [4.69, 9.17) is 15.0 Å². The predicted molar refractivity (Wildman–Crippen MR) is 265 cm³/mol. The molecule has 0 atom stereocenters. The average Bonchev–Trinajstić information content (AvgIpc) is 3.86. The lowest BCUT2D eigenvalue weighted by Crippen LogP contribution is -2.00. The van der Waals surface area contributed by atoms with E-state index in [1.165, 1.54) is 54.4 Å². The zero-order chi connectivity index (χ0) is 42.1. The number of nitrogens with zero attached hydrogens (tertiary/aromatic N) is 5. The van der Waals surface area contributed by atoms with Crippen LogP contribution in [0.5, 0.6) is 0 Å². The molecule has 298 valence electrons. The Kier molecular flexibility index (Phi) is 8.15. The Labute approximate surface area is 368 Å². The molecule has 5 heteroatoms. The molecule has 0 spiro atoms. The zero-order valence-corrected chi connectivity index (χ0v) is 34.6. The van der Waals surface area contributed by atoms with Gasteiger partial charge in [0, 0.05) is 49.6 Å². The fourth-order valence-corrected chi connectivity index (χ4v) is 9.60. The molecule has 0 aliphatic rings. The molecule has 0 radical (unpaired) electrons. The maximum absolute atomic E-state index is 5.10. The Hall–Kier alpha value is -8.67. The summed E-state index contributed by atoms with van der Waals surface area (Å²) in [6, 6.07) is 80.0. The summed E-state index contributed by atoms with van der Waals surface area (Å²) in [7, 11) is 0. The first-order valence-electron chi connectivity index (χ1n) is 21.7. The van der Waals surface area contributed by atoms with Crippen LogP contribution >= 0.6 is 0 Å². The Morgan fingerprint density at radius 2 is 0.688 bits per heavy atom. The van der Waals surface area contributed by atoms with Crippen LogP contribution in [0.15, 0.2) is 224 Å². The van der Waals surface area contributed by atoms with Crippen LogP contribution in [-0.2, 0) is 0 Å². The van der Waals surface area contributed by atoms with Gasteiger partial charge in [-0.25, -0.2) is 15.0 Å². The van der Waals surface area contributed by atoms with Gasteiger partial charge in [-0.2, -0.15) is 0 Å². The van der Waals surface area contributed by atoms with Gasteiger partial charge in [0.05, 0.1) is 22.1 Å². The number of fused-ring (bicyclic) bond motifs is 8. The number of hydrogen-bond acceptors (Lipinski definition) is 3. The number of para-hydroxylation sites is 2. The summed E-state index contributed by atoms with van der Waals surface area (Å²) in [5.74, 6) is 1.91. The normalized spacial score (nSPS) is 11.8. The molecule has 64 heavy (non-hydrogen) atoms. The van der Waals surface area contributed by atoms with Gasteiger partial charge in [0.15, 0.2) is 17.5 Å². The molecule has 0 saturated carbocycles. The first-order valence-corrected chi connectivity index (χ1v) is 21.7. The zero-order valence-electron chi connectivity index (χ0n) is 34.6. The molecular formula is C59H37N5. The molecule has 0 bridgehead atoms. The minimum absolute atomic E-state index is 0.633. The van der Waals surface area contributed by atoms with Gasteiger partial charge in [0.25, 0.3) is 0 Å². The Bertz CT molecular complexity index is 3930. The van der Waals surface area contributed by atoms with Crippen molar-refractivity contribution in [2.45, 2.75) is 0 Å². The fraction of sp³-hybridized carbons (Fsp3) is 0. The standard InChI is InChI=1S/C59H37N5/c1-4-14-38(15-5-1)39-24-26-41(27-25-39)58-60-57(40-16-6-2-7-17-40)61-59(62-58)46-29-28-45-33-48(31-30-44(45)32-46)64-54-35-43-19-11-10-18-42(43)34-50(54)52-36-51-49-22-12-13-23-53(49)63(55(51)37-56(52)64)47-20-8-3-9-21-47/h1-37H. The van der Waals surface area contributed by atoms with Crippen LogP contribution in [0.25, 0.3) is 122 Å². The highest BCUT2D eigenvalue weighted by atomic mass is 15.0. The molecule has 0 aliphatic heterocycles. The van der Waals surface area contributed by atoms with Crippen LogP contribution in [0.4, 0.5) is 0 Å². The summed E-state index contributed by atoms with van der Waals surface area (Å²) in [5.41, 5.74) is 12.1. The van der Waals surface area contributed by atoms with E-state index in [1.54, 1.807) is 0 Å². The van der Waals surface area contributed by atoms with E-state index >= 15 is 0 Å². The van der Waals surface area contributed by atoms with Crippen molar-refractivity contribution in [2.75, 3.05) is 0 Å². The van der Waals surface area contributed by atoms with Crippen LogP contribution in [-0.4, -0.2) is 24.1 Å². The summed E-state index contributed by atoms with van der Waals surface area (Å²) < 4.78 is 4.85. The van der Waals surface area contributed by atoms with Gasteiger partial charge in [0.1, 0.15) is 0 Å². The largest absolute Gasteiger partial charge is 0.309 e. The Morgan fingerprint density at radius 3 is 1.42 bits per heavy atom. The van der Waals surface area contributed by atoms with Crippen LogP contribution in [0.3, 0.4) is 0 Å². The molecule has 13 rings (SSSR count). The van der Waals surface area contributed by atoms with E-state index in [0.29, 0.717) is 17.5 Å². The molecule has 0 fully saturated rings. The lowest BCUT2D eigenvalue weighted by Gasteiger charge is -2.12. The minimum Gasteiger partial charge on any atom is -0.309 e. The second kappa shape index (κ2) is 14.5. The number of aromatic nitrogens is 5. The van der Waals surface area contributed by atoms with Crippen molar-refractivity contribution < 1.29 is 0 Å². The third kappa shape index (κ3) is 5.90. The summed E-state index contributed by atoms with van der Waals surface area (Å²) in [4.78, 5) is 15.2. The van der Waals surface area contributed by atoms with Gasteiger partial charge < -0.3 is 9.13 Å². The molecule has 5 nitrogen and oxygen atoms in total. The lowest BCUT2D eigenvalue weighted by molar-refractivity contribution is 1.07. The molecule has 0 aliphatic carbocycles. The van der Waals surface area contributed by atoms with Crippen LogP contribution in [0.1, 0.15) is 0 Å². The Morgan fingerprint density at radius 1 is 0.234 bits per heavy atom. The molecule has 3 aromatic heterocycles. The SMILES string of the molecule is c1ccc(-c2ccc(-c3nc(-c4ccccc4)nc(-c4ccc5cc(-n6c7cc8ccccc8cc7c7cc8c9ccccc9n(-c9ccccc9)c8cc76)ccc5c4)n3)cc2)cc1. The number of hydrogen-bond donors (Lipinski definition) is 0. The Balaban J connectivity index is 0.973. The van der Waals surface area contributed by atoms with Gasteiger partial charge in [-0.3, -0.25) is 0 Å². The van der Waals surface area contributed by atoms with Crippen molar-refractivity contribution in [3.63, 3.8) is 0 Å². The monoisotopic (exact) mass is 815 g/mol. The predicted octanol–water partition coefficient (Wildman–Crippen LogP) is 15.0. The lowest BCUT2D eigenvalue weighted by atomic mass is 10.0. The van der Waals surface area contributed by atoms with Crippen molar-refractivity contribution in [3.8, 4) is 56.7 Å². The van der Waals surface area contributed by atoms with Crippen molar-refractivity contribution in [1.29, 1.82) is 0 Å². The summed E-state index contributed by atoms with van der Waals surface area (Å²) >= 11 is 0. The highest BCUT2D eigenvalue weighted by Gasteiger charge is 2.20. The van der Waals surface area contributed by atoms with E-state index < -0.39 is 0 Å². The minimum atomic E-state index is 0.633. The van der Waals surface area contributed by atoms with Crippen molar-refractivity contribution in [3.05, 3.63) is 224 Å². The van der Waals surface area contributed by atoms with E-state index in [2.05, 4.69) is 197 Å². The van der Waals surface area contributed by atoms with Crippen LogP contribution in [0, 0.1) is 0 Å². The number of benzene rings is 10. The highest BCUT2D eigenvalue weighted by Crippen LogP contribution is 2.41. The van der Waals surface area contributed by atoms with Gasteiger partial charge in [-0.1, -0.05) is 164 Å². The molecule has 0 unspecified atom stereocenters. The molecule has 3 heterocycles. The van der Waals surface area contributed by atoms with Gasteiger partial charge >= 0.3 is 0 Å². The van der Waals surface area contributed by atoms with E-state index in [1.807, 2.05) is 36.4 Å². The molecule has 0 amide bonds. The third-order valence-corrected chi connectivity index (χ3v) is 12.7. The average molecular weight is 816 g/mol. The maximum atomic E-state index is 5.10. The van der Waals surface area contributed by atoms with Crippen molar-refractivity contribution >= 4 is 65.2 Å². The molecular weight excluding hydrogens is 779 g/mol. The maximum Gasteiger partial charge on any atom is 0.164 e. The fourth-order valence-electron chi connectivity index (χ4n) is 9.60. The second-order valence-corrected chi connectivity index (χ2v) is 16.5. The second-order valence-electron chi connectivity index (χ2n) is 16.5. The molecule has 0 saturated heterocycles. The van der Waals surface area contributed by atoms with Crippen molar-refractivity contribution in [1.82, 2.24) is 24.1 Å². The third-order valence-electron chi connectivity index (χ3n) is 12.7. The van der Waals surface area contributed by atoms with E-state index in [-0.39, 0.29) is 0 Å². The first-order chi connectivity index (χ1) is 31.7. The first kappa shape index (κ1) is 36.0. The van der Waals surface area contributed by atoms with Crippen molar-refractivity contribution in [2.24, 2.45) is 0 Å². The number of rotatable bonds is 6. The highest BCUT2D eigenvalue weighted by molar-refractivity contribution is 6.21. The van der Waals surface area contributed by atoms with Crippen LogP contribution in [0.2, 0.25) is 0 Å². The van der Waals surface area contributed by atoms with Gasteiger partial charge in [-0.15, -0.1) is 0 Å². The topological polar surface area (TPSA) is 48.5 Å².